The first-order valence-corrected chi connectivity index (χ1v) is 19.3. The molecule has 0 saturated heterocycles. The van der Waals surface area contributed by atoms with Crippen LogP contribution in [0.5, 0.6) is 0 Å². The van der Waals surface area contributed by atoms with E-state index < -0.39 is 32.5 Å². The second kappa shape index (κ2) is 32.2. The summed E-state index contributed by atoms with van der Waals surface area (Å²) in [4.78, 5) is 42.6. The van der Waals surface area contributed by atoms with Crippen molar-refractivity contribution in [1.82, 2.24) is 0 Å². The molecule has 45 heavy (non-hydrogen) atoms. The van der Waals surface area contributed by atoms with Gasteiger partial charge in [-0.1, -0.05) is 121 Å². The van der Waals surface area contributed by atoms with Crippen LogP contribution in [0.1, 0.15) is 162 Å². The van der Waals surface area contributed by atoms with Crippen LogP contribution in [-0.2, 0) is 28.2 Å². The van der Waals surface area contributed by atoms with E-state index in [2.05, 4.69) is 54.8 Å². The fourth-order valence-corrected chi connectivity index (χ4v) is 5.07. The van der Waals surface area contributed by atoms with Gasteiger partial charge in [0.1, 0.15) is 6.61 Å². The third-order valence-corrected chi connectivity index (χ3v) is 7.89. The molecule has 0 aliphatic carbocycles. The lowest BCUT2D eigenvalue weighted by Gasteiger charge is -2.18. The highest BCUT2D eigenvalue weighted by atomic mass is 31.2. The van der Waals surface area contributed by atoms with Crippen molar-refractivity contribution in [2.24, 2.45) is 0 Å². The Morgan fingerprint density at radius 1 is 0.578 bits per heavy atom. The van der Waals surface area contributed by atoms with Crippen molar-refractivity contribution in [2.45, 2.75) is 168 Å². The van der Waals surface area contributed by atoms with E-state index in [9.17, 15) is 14.2 Å². The lowest BCUT2D eigenvalue weighted by molar-refractivity contribution is -0.161. The van der Waals surface area contributed by atoms with E-state index in [1.165, 1.54) is 44.9 Å². The average Bonchev–Trinajstić information content (AvgIpc) is 3.00. The van der Waals surface area contributed by atoms with Gasteiger partial charge in [-0.15, -0.1) is 0 Å². The summed E-state index contributed by atoms with van der Waals surface area (Å²) in [6.07, 6.45) is 35.8. The van der Waals surface area contributed by atoms with Crippen LogP contribution in [0, 0.1) is 0 Å². The molecule has 0 aromatic heterocycles. The Kier molecular flexibility index (Phi) is 31.0. The number of hydrogen-bond acceptors (Lipinski definition) is 6. The fourth-order valence-electron chi connectivity index (χ4n) is 4.71. The molecular formula is C36H65O8P. The van der Waals surface area contributed by atoms with Crippen LogP contribution in [0.25, 0.3) is 0 Å². The molecule has 0 rings (SSSR count). The minimum absolute atomic E-state index is 0.198. The van der Waals surface area contributed by atoms with E-state index >= 15 is 0 Å². The number of phosphoric acid groups is 1. The van der Waals surface area contributed by atoms with Crippen LogP contribution in [-0.4, -0.2) is 41.0 Å². The number of ether oxygens (including phenoxy) is 2. The van der Waals surface area contributed by atoms with Crippen molar-refractivity contribution in [1.29, 1.82) is 0 Å². The Labute approximate surface area is 274 Å². The van der Waals surface area contributed by atoms with Gasteiger partial charge in [0.25, 0.3) is 0 Å². The molecule has 0 radical (unpaired) electrons. The Hall–Kier alpha value is -1.73. The van der Waals surface area contributed by atoms with E-state index in [4.69, 9.17) is 19.3 Å². The van der Waals surface area contributed by atoms with E-state index in [1.807, 2.05) is 0 Å². The van der Waals surface area contributed by atoms with Crippen LogP contribution >= 0.6 is 7.82 Å². The second-order valence-corrected chi connectivity index (χ2v) is 13.1. The molecular weight excluding hydrogens is 591 g/mol. The molecule has 0 heterocycles. The molecule has 0 fully saturated rings. The lowest BCUT2D eigenvalue weighted by Crippen LogP contribution is -2.29. The topological polar surface area (TPSA) is 119 Å². The smallest absolute Gasteiger partial charge is 0.462 e. The molecule has 0 amide bonds. The molecule has 9 heteroatoms. The molecule has 0 spiro atoms. The first-order chi connectivity index (χ1) is 21.8. The van der Waals surface area contributed by atoms with Crippen molar-refractivity contribution in [2.75, 3.05) is 13.2 Å². The van der Waals surface area contributed by atoms with Crippen LogP contribution in [0.2, 0.25) is 0 Å². The predicted octanol–water partition coefficient (Wildman–Crippen LogP) is 10.2. The van der Waals surface area contributed by atoms with Gasteiger partial charge in [0.05, 0.1) is 6.61 Å². The molecule has 8 nitrogen and oxygen atoms in total. The number of carbonyl (C=O) groups excluding carboxylic acids is 2. The van der Waals surface area contributed by atoms with Crippen molar-refractivity contribution >= 4 is 19.8 Å². The van der Waals surface area contributed by atoms with Crippen molar-refractivity contribution in [3.8, 4) is 0 Å². The molecule has 0 aromatic carbocycles. The summed E-state index contributed by atoms with van der Waals surface area (Å²) < 4.78 is 26.2. The minimum Gasteiger partial charge on any atom is -0.462 e. The summed E-state index contributed by atoms with van der Waals surface area (Å²) in [6, 6.07) is 0. The molecule has 0 saturated carbocycles. The summed E-state index contributed by atoms with van der Waals surface area (Å²) in [7, 11) is -4.75. The number of unbranched alkanes of at least 4 members (excludes halogenated alkanes) is 17. The van der Waals surface area contributed by atoms with Gasteiger partial charge in [-0.3, -0.25) is 14.1 Å². The Morgan fingerprint density at radius 2 is 1.00 bits per heavy atom. The molecule has 0 unspecified atom stereocenters. The quantitative estimate of drug-likeness (QED) is 0.0241. The molecule has 0 aliphatic rings. The highest BCUT2D eigenvalue weighted by molar-refractivity contribution is 7.46. The zero-order chi connectivity index (χ0) is 33.3. The monoisotopic (exact) mass is 656 g/mol. The first kappa shape index (κ1) is 43.3. The Balaban J connectivity index is 4.04. The zero-order valence-electron chi connectivity index (χ0n) is 28.5. The van der Waals surface area contributed by atoms with Crippen LogP contribution < -0.4 is 0 Å². The maximum absolute atomic E-state index is 12.3. The number of esters is 2. The minimum atomic E-state index is -4.75. The maximum Gasteiger partial charge on any atom is 0.469 e. The number of carbonyl (C=O) groups is 2. The van der Waals surface area contributed by atoms with Crippen molar-refractivity contribution in [3.05, 3.63) is 36.5 Å². The number of rotatable bonds is 32. The van der Waals surface area contributed by atoms with Crippen molar-refractivity contribution in [3.63, 3.8) is 0 Å². The fraction of sp³-hybridized carbons (Fsp3) is 0.778. The summed E-state index contributed by atoms with van der Waals surface area (Å²) in [6.45, 7) is 3.60. The highest BCUT2D eigenvalue weighted by Gasteiger charge is 2.22. The number of hydrogen-bond donors (Lipinski definition) is 2. The van der Waals surface area contributed by atoms with Crippen LogP contribution in [0.3, 0.4) is 0 Å². The number of phosphoric ester groups is 1. The second-order valence-electron chi connectivity index (χ2n) is 11.9. The van der Waals surface area contributed by atoms with Gasteiger partial charge in [-0.05, 0) is 64.2 Å². The zero-order valence-corrected chi connectivity index (χ0v) is 29.4. The third-order valence-electron chi connectivity index (χ3n) is 7.41. The van der Waals surface area contributed by atoms with E-state index in [0.29, 0.717) is 12.8 Å². The maximum atomic E-state index is 12.3. The van der Waals surface area contributed by atoms with Crippen LogP contribution in [0.15, 0.2) is 36.5 Å². The molecule has 2 N–H and O–H groups in total. The summed E-state index contributed by atoms with van der Waals surface area (Å²) in [5.41, 5.74) is 0. The van der Waals surface area contributed by atoms with E-state index in [0.717, 1.165) is 77.0 Å². The van der Waals surface area contributed by atoms with Gasteiger partial charge >= 0.3 is 19.8 Å². The SMILES string of the molecule is CCCCC/C=C/CCCCCCCC(=O)O[C@H](COC(=O)CCCCCCC/C=C/C=C/CCCCCC)COP(=O)(O)O. The summed E-state index contributed by atoms with van der Waals surface area (Å²) >= 11 is 0. The van der Waals surface area contributed by atoms with E-state index in [-0.39, 0.29) is 19.4 Å². The van der Waals surface area contributed by atoms with E-state index in [1.54, 1.807) is 0 Å². The van der Waals surface area contributed by atoms with Gasteiger partial charge in [-0.2, -0.15) is 0 Å². The highest BCUT2D eigenvalue weighted by Crippen LogP contribution is 2.35. The van der Waals surface area contributed by atoms with Crippen molar-refractivity contribution < 1.29 is 37.9 Å². The molecule has 0 aromatic rings. The lowest BCUT2D eigenvalue weighted by atomic mass is 10.1. The molecule has 0 aliphatic heterocycles. The van der Waals surface area contributed by atoms with Gasteiger partial charge in [0.2, 0.25) is 0 Å². The van der Waals surface area contributed by atoms with Crippen LogP contribution in [0.4, 0.5) is 0 Å². The summed E-state index contributed by atoms with van der Waals surface area (Å²) in [5, 5.41) is 0. The Bertz CT molecular complexity index is 833. The molecule has 0 bridgehead atoms. The largest absolute Gasteiger partial charge is 0.469 e. The molecule has 1 atom stereocenters. The first-order valence-electron chi connectivity index (χ1n) is 17.8. The van der Waals surface area contributed by atoms with Gasteiger partial charge < -0.3 is 19.3 Å². The van der Waals surface area contributed by atoms with Gasteiger partial charge in [-0.25, -0.2) is 4.57 Å². The molecule has 262 valence electrons. The van der Waals surface area contributed by atoms with Gasteiger partial charge in [0.15, 0.2) is 6.10 Å². The normalized spacial score (nSPS) is 12.9. The van der Waals surface area contributed by atoms with Gasteiger partial charge in [0, 0.05) is 12.8 Å². The summed E-state index contributed by atoms with van der Waals surface area (Å²) in [5.74, 6) is -0.916. The third kappa shape index (κ3) is 35.0. The predicted molar refractivity (Wildman–Crippen MR) is 184 cm³/mol. The average molecular weight is 657 g/mol. The number of allylic oxidation sites excluding steroid dienone is 6. The Morgan fingerprint density at radius 3 is 1.53 bits per heavy atom. The standard InChI is InChI=1S/C36H65O8P/c1-3-5-7-9-11-13-15-17-18-19-21-22-24-26-28-30-35(37)42-32-34(33-43-45(39,40)41)44-36(38)31-29-27-25-23-20-16-14-12-10-8-6-4-2/h12-15,17-18,34H,3-11,16,19-33H2,1-2H3,(H2,39,40,41)/b14-12+,15-13+,18-17+/t34-/m1/s1.